The van der Waals surface area contributed by atoms with Gasteiger partial charge in [-0.1, -0.05) is 45.2 Å². The van der Waals surface area contributed by atoms with Gasteiger partial charge in [0.15, 0.2) is 5.82 Å². The molecule has 0 saturated carbocycles. The van der Waals surface area contributed by atoms with E-state index in [1.807, 2.05) is 28.9 Å². The maximum atomic E-state index is 6.02. The fourth-order valence-corrected chi connectivity index (χ4v) is 2.38. The zero-order chi connectivity index (χ0) is 14.4. The van der Waals surface area contributed by atoms with Gasteiger partial charge >= 0.3 is 0 Å². The van der Waals surface area contributed by atoms with E-state index >= 15 is 0 Å². The lowest BCUT2D eigenvalue weighted by Gasteiger charge is -2.15. The van der Waals surface area contributed by atoms with Crippen LogP contribution in [0.25, 0.3) is 11.4 Å². The SMILES string of the molecule is CCCCC(CC)Cn1nnnc1-c1ccccc1N. The number of rotatable bonds is 7. The average molecular weight is 273 g/mol. The summed E-state index contributed by atoms with van der Waals surface area (Å²) in [6, 6.07) is 7.72. The van der Waals surface area contributed by atoms with E-state index in [0.717, 1.165) is 24.4 Å². The van der Waals surface area contributed by atoms with Crippen molar-refractivity contribution in [1.82, 2.24) is 20.2 Å². The second-order valence-corrected chi connectivity index (χ2v) is 5.19. The summed E-state index contributed by atoms with van der Waals surface area (Å²) in [4.78, 5) is 0. The molecule has 1 heterocycles. The Labute approximate surface area is 120 Å². The summed E-state index contributed by atoms with van der Waals surface area (Å²) in [5.74, 6) is 1.38. The predicted molar refractivity (Wildman–Crippen MR) is 81.0 cm³/mol. The molecule has 0 fully saturated rings. The number of para-hydroxylation sites is 1. The minimum atomic E-state index is 0.613. The fraction of sp³-hybridized carbons (Fsp3) is 0.533. The topological polar surface area (TPSA) is 69.6 Å². The summed E-state index contributed by atoms with van der Waals surface area (Å²) in [5, 5.41) is 12.1. The van der Waals surface area contributed by atoms with Crippen molar-refractivity contribution in [3.05, 3.63) is 24.3 Å². The molecule has 0 radical (unpaired) electrons. The van der Waals surface area contributed by atoms with Gasteiger partial charge in [0.05, 0.1) is 0 Å². The molecule has 2 rings (SSSR count). The molecule has 2 aromatic rings. The van der Waals surface area contributed by atoms with Crippen LogP contribution >= 0.6 is 0 Å². The average Bonchev–Trinajstić information content (AvgIpc) is 2.92. The minimum Gasteiger partial charge on any atom is -0.398 e. The predicted octanol–water partition coefficient (Wildman–Crippen LogP) is 3.14. The van der Waals surface area contributed by atoms with Crippen LogP contribution in [0.4, 0.5) is 5.69 Å². The summed E-state index contributed by atoms with van der Waals surface area (Å²) < 4.78 is 1.88. The van der Waals surface area contributed by atoms with Crippen molar-refractivity contribution in [3.63, 3.8) is 0 Å². The molecule has 0 bridgehead atoms. The van der Waals surface area contributed by atoms with Gasteiger partial charge in [-0.25, -0.2) is 4.68 Å². The molecular formula is C15H23N5. The van der Waals surface area contributed by atoms with Crippen LogP contribution in [0.15, 0.2) is 24.3 Å². The second-order valence-electron chi connectivity index (χ2n) is 5.19. The van der Waals surface area contributed by atoms with Gasteiger partial charge in [0, 0.05) is 17.8 Å². The molecule has 1 atom stereocenters. The number of anilines is 1. The van der Waals surface area contributed by atoms with Crippen LogP contribution in [0.1, 0.15) is 39.5 Å². The highest BCUT2D eigenvalue weighted by molar-refractivity contribution is 5.70. The molecule has 5 nitrogen and oxygen atoms in total. The minimum absolute atomic E-state index is 0.613. The largest absolute Gasteiger partial charge is 0.398 e. The zero-order valence-corrected chi connectivity index (χ0v) is 12.3. The molecule has 1 unspecified atom stereocenters. The van der Waals surface area contributed by atoms with E-state index in [9.17, 15) is 0 Å². The number of benzene rings is 1. The lowest BCUT2D eigenvalue weighted by molar-refractivity contribution is 0.370. The molecule has 1 aromatic carbocycles. The van der Waals surface area contributed by atoms with E-state index in [4.69, 9.17) is 5.73 Å². The Kier molecular flexibility index (Phi) is 5.09. The number of hydrogen-bond donors (Lipinski definition) is 1. The van der Waals surface area contributed by atoms with Gasteiger partial charge in [-0.05, 0) is 34.9 Å². The molecule has 2 N–H and O–H groups in total. The first-order valence-electron chi connectivity index (χ1n) is 7.37. The quantitative estimate of drug-likeness (QED) is 0.787. The number of aromatic nitrogens is 4. The fourth-order valence-electron chi connectivity index (χ4n) is 2.38. The number of nitrogen functional groups attached to an aromatic ring is 1. The third-order valence-electron chi connectivity index (χ3n) is 3.71. The van der Waals surface area contributed by atoms with Gasteiger partial charge < -0.3 is 5.73 Å². The Bertz CT molecular complexity index is 535. The second kappa shape index (κ2) is 7.03. The molecule has 0 aliphatic heterocycles. The van der Waals surface area contributed by atoms with Crippen LogP contribution < -0.4 is 5.73 Å². The van der Waals surface area contributed by atoms with Gasteiger partial charge in [0.1, 0.15) is 0 Å². The maximum absolute atomic E-state index is 6.02. The van der Waals surface area contributed by atoms with E-state index in [0.29, 0.717) is 11.6 Å². The lowest BCUT2D eigenvalue weighted by Crippen LogP contribution is -2.13. The third kappa shape index (κ3) is 3.35. The lowest BCUT2D eigenvalue weighted by atomic mass is 9.99. The highest BCUT2D eigenvalue weighted by atomic mass is 15.5. The molecule has 0 amide bonds. The molecular weight excluding hydrogens is 250 g/mol. The third-order valence-corrected chi connectivity index (χ3v) is 3.71. The summed E-state index contributed by atoms with van der Waals surface area (Å²) in [6.45, 7) is 5.30. The Morgan fingerprint density at radius 1 is 1.25 bits per heavy atom. The highest BCUT2D eigenvalue weighted by Crippen LogP contribution is 2.24. The molecule has 1 aromatic heterocycles. The first-order valence-corrected chi connectivity index (χ1v) is 7.37. The van der Waals surface area contributed by atoms with Crippen LogP contribution in [0, 0.1) is 5.92 Å². The van der Waals surface area contributed by atoms with Crippen molar-refractivity contribution in [2.45, 2.75) is 46.1 Å². The highest BCUT2D eigenvalue weighted by Gasteiger charge is 2.15. The van der Waals surface area contributed by atoms with Crippen LogP contribution in [0.5, 0.6) is 0 Å². The number of unbranched alkanes of at least 4 members (excludes halogenated alkanes) is 1. The smallest absolute Gasteiger partial charge is 0.184 e. The van der Waals surface area contributed by atoms with Crippen molar-refractivity contribution >= 4 is 5.69 Å². The van der Waals surface area contributed by atoms with E-state index in [1.54, 1.807) is 0 Å². The van der Waals surface area contributed by atoms with Crippen LogP contribution in [0.3, 0.4) is 0 Å². The van der Waals surface area contributed by atoms with Gasteiger partial charge in [-0.2, -0.15) is 0 Å². The normalized spacial score (nSPS) is 12.5. The molecule has 5 heteroatoms. The molecule has 108 valence electrons. The number of nitrogens with zero attached hydrogens (tertiary/aromatic N) is 4. The maximum Gasteiger partial charge on any atom is 0.184 e. The van der Waals surface area contributed by atoms with Crippen molar-refractivity contribution in [2.75, 3.05) is 5.73 Å². The van der Waals surface area contributed by atoms with Crippen molar-refractivity contribution in [3.8, 4) is 11.4 Å². The van der Waals surface area contributed by atoms with Crippen LogP contribution in [0.2, 0.25) is 0 Å². The zero-order valence-electron chi connectivity index (χ0n) is 12.3. The Morgan fingerprint density at radius 3 is 2.75 bits per heavy atom. The van der Waals surface area contributed by atoms with Crippen molar-refractivity contribution < 1.29 is 0 Å². The van der Waals surface area contributed by atoms with E-state index in [-0.39, 0.29) is 0 Å². The molecule has 20 heavy (non-hydrogen) atoms. The van der Waals surface area contributed by atoms with E-state index in [1.165, 1.54) is 19.3 Å². The molecule has 0 spiro atoms. The van der Waals surface area contributed by atoms with Gasteiger partial charge in [-0.3, -0.25) is 0 Å². The summed E-state index contributed by atoms with van der Waals surface area (Å²) in [6.07, 6.45) is 4.84. The van der Waals surface area contributed by atoms with Gasteiger partial charge in [-0.15, -0.1) is 5.10 Å². The van der Waals surface area contributed by atoms with Gasteiger partial charge in [0.25, 0.3) is 0 Å². The summed E-state index contributed by atoms with van der Waals surface area (Å²) in [7, 11) is 0. The Balaban J connectivity index is 2.18. The Morgan fingerprint density at radius 2 is 2.05 bits per heavy atom. The first-order chi connectivity index (χ1) is 9.76. The summed E-state index contributed by atoms with van der Waals surface area (Å²) >= 11 is 0. The van der Waals surface area contributed by atoms with Crippen LogP contribution in [-0.2, 0) is 6.54 Å². The van der Waals surface area contributed by atoms with E-state index < -0.39 is 0 Å². The number of hydrogen-bond acceptors (Lipinski definition) is 4. The molecule has 0 saturated heterocycles. The molecule has 0 aliphatic rings. The van der Waals surface area contributed by atoms with E-state index in [2.05, 4.69) is 29.4 Å². The van der Waals surface area contributed by atoms with Crippen LogP contribution in [-0.4, -0.2) is 20.2 Å². The van der Waals surface area contributed by atoms with Crippen molar-refractivity contribution in [2.24, 2.45) is 5.92 Å². The monoisotopic (exact) mass is 273 g/mol. The summed E-state index contributed by atoms with van der Waals surface area (Å²) in [5.41, 5.74) is 7.63. The number of tetrazole rings is 1. The Hall–Kier alpha value is -1.91. The molecule has 0 aliphatic carbocycles. The first kappa shape index (κ1) is 14.5. The van der Waals surface area contributed by atoms with Crippen molar-refractivity contribution in [1.29, 1.82) is 0 Å². The van der Waals surface area contributed by atoms with Gasteiger partial charge in [0.2, 0.25) is 0 Å². The number of nitrogens with two attached hydrogens (primary N) is 1. The standard InChI is InChI=1S/C15H23N5/c1-3-5-8-12(4-2)11-20-15(17-18-19-20)13-9-6-7-10-14(13)16/h6-7,9-10,12H,3-5,8,11,16H2,1-2H3.